The molecule has 0 aromatic heterocycles. The Kier molecular flexibility index (Phi) is 6.42. The molecule has 3 rings (SSSR count). The van der Waals surface area contributed by atoms with E-state index in [2.05, 4.69) is 17.1 Å². The van der Waals surface area contributed by atoms with Crippen molar-refractivity contribution in [2.45, 2.75) is 11.1 Å². The van der Waals surface area contributed by atoms with Gasteiger partial charge >= 0.3 is 165 Å². The molecule has 0 fully saturated rings. The van der Waals surface area contributed by atoms with Gasteiger partial charge in [0.15, 0.2) is 0 Å². The van der Waals surface area contributed by atoms with Crippen LogP contribution in [0.25, 0.3) is 0 Å². The molecule has 6 heteroatoms. The summed E-state index contributed by atoms with van der Waals surface area (Å²) in [7, 11) is 0. The van der Waals surface area contributed by atoms with E-state index in [4.69, 9.17) is 0 Å². The molecule has 0 amide bonds. The van der Waals surface area contributed by atoms with E-state index in [0.717, 1.165) is 20.1 Å². The molecule has 26 heavy (non-hydrogen) atoms. The number of hydrogen-bond donors (Lipinski definition) is 0. The average molecular weight is 485 g/mol. The fourth-order valence-electron chi connectivity index (χ4n) is 2.08. The molecule has 0 aliphatic rings. The van der Waals surface area contributed by atoms with Crippen molar-refractivity contribution >= 4 is 45.1 Å². The molecular weight excluding hydrogens is 471 g/mol. The first kappa shape index (κ1) is 19.0. The Morgan fingerprint density at radius 1 is 0.769 bits per heavy atom. The second-order valence-corrected chi connectivity index (χ2v) is 10.2. The maximum absolute atomic E-state index is 12.7. The van der Waals surface area contributed by atoms with Gasteiger partial charge in [-0.1, -0.05) is 0 Å². The first-order valence-corrected chi connectivity index (χ1v) is 10.9. The van der Waals surface area contributed by atoms with E-state index in [1.165, 1.54) is 15.7 Å². The van der Waals surface area contributed by atoms with E-state index in [-0.39, 0.29) is 0 Å². The number of halogens is 3. The summed E-state index contributed by atoms with van der Waals surface area (Å²) in [6, 6.07) is 25.0. The summed E-state index contributed by atoms with van der Waals surface area (Å²) in [5.74, 6) is 0. The van der Waals surface area contributed by atoms with Crippen molar-refractivity contribution in [3.63, 3.8) is 0 Å². The normalized spacial score (nSPS) is 12.2. The summed E-state index contributed by atoms with van der Waals surface area (Å²) in [6.07, 6.45) is -4.33. The average Bonchev–Trinajstić information content (AvgIpc) is 2.63. The van der Waals surface area contributed by atoms with Crippen LogP contribution in [0.2, 0.25) is 0 Å². The summed E-state index contributed by atoms with van der Waals surface area (Å²) in [4.78, 5) is 5.71. The first-order valence-electron chi connectivity index (χ1n) is 7.72. The molecule has 3 aromatic carbocycles. The van der Waals surface area contributed by atoms with E-state index in [0.29, 0.717) is 5.69 Å². The van der Waals surface area contributed by atoms with Crippen molar-refractivity contribution in [1.82, 2.24) is 0 Å². The van der Waals surface area contributed by atoms with Crippen LogP contribution in [-0.2, 0) is 6.18 Å². The van der Waals surface area contributed by atoms with Gasteiger partial charge < -0.3 is 0 Å². The standard InChI is InChI=1S/C20H14F3NSTe/c21-20(22,23)15-11-13-16(14-12-15)24-19(25-17-7-3-1-4-8-17)26-18-9-5-2-6-10-18/h1-14H. The Bertz CT molecular complexity index is 820. The third-order valence-corrected chi connectivity index (χ3v) is 7.57. The Morgan fingerprint density at radius 3 is 1.92 bits per heavy atom. The molecule has 0 aliphatic carbocycles. The third-order valence-electron chi connectivity index (χ3n) is 3.31. The number of alkyl halides is 3. The maximum atomic E-state index is 12.7. The van der Waals surface area contributed by atoms with E-state index in [9.17, 15) is 13.2 Å². The molecule has 0 spiro atoms. The molecule has 0 saturated heterocycles. The van der Waals surface area contributed by atoms with Crippen molar-refractivity contribution in [3.05, 3.63) is 90.5 Å². The Labute approximate surface area is 164 Å². The number of rotatable bonds is 4. The van der Waals surface area contributed by atoms with Crippen molar-refractivity contribution in [3.8, 4) is 0 Å². The van der Waals surface area contributed by atoms with E-state index < -0.39 is 32.7 Å². The van der Waals surface area contributed by atoms with Gasteiger partial charge in [0, 0.05) is 0 Å². The van der Waals surface area contributed by atoms with Gasteiger partial charge in [0.25, 0.3) is 0 Å². The van der Waals surface area contributed by atoms with Gasteiger partial charge in [0.05, 0.1) is 0 Å². The zero-order chi connectivity index (χ0) is 18.4. The van der Waals surface area contributed by atoms with E-state index in [1.54, 1.807) is 11.8 Å². The van der Waals surface area contributed by atoms with Crippen molar-refractivity contribution in [2.24, 2.45) is 4.99 Å². The zero-order valence-electron chi connectivity index (χ0n) is 13.5. The van der Waals surface area contributed by atoms with Crippen LogP contribution in [-0.4, -0.2) is 24.0 Å². The van der Waals surface area contributed by atoms with Crippen molar-refractivity contribution in [2.75, 3.05) is 0 Å². The monoisotopic (exact) mass is 487 g/mol. The van der Waals surface area contributed by atoms with Gasteiger partial charge in [-0.05, 0) is 0 Å². The summed E-state index contributed by atoms with van der Waals surface area (Å²) in [5, 5.41) is 0. The predicted octanol–water partition coefficient (Wildman–Crippen LogP) is 5.51. The van der Waals surface area contributed by atoms with Crippen molar-refractivity contribution in [1.29, 1.82) is 0 Å². The van der Waals surface area contributed by atoms with Gasteiger partial charge in [0.2, 0.25) is 0 Å². The van der Waals surface area contributed by atoms with Crippen LogP contribution < -0.4 is 3.61 Å². The van der Waals surface area contributed by atoms with Crippen LogP contribution in [0.15, 0.2) is 94.8 Å². The van der Waals surface area contributed by atoms with Crippen LogP contribution in [0.3, 0.4) is 0 Å². The number of nitrogens with zero attached hydrogens (tertiary/aromatic N) is 1. The van der Waals surface area contributed by atoms with Gasteiger partial charge in [-0.25, -0.2) is 0 Å². The number of benzene rings is 3. The van der Waals surface area contributed by atoms with Gasteiger partial charge in [-0.2, -0.15) is 0 Å². The number of hydrogen-bond acceptors (Lipinski definition) is 2. The van der Waals surface area contributed by atoms with Gasteiger partial charge in [-0.15, -0.1) is 0 Å². The van der Waals surface area contributed by atoms with Crippen LogP contribution in [0.4, 0.5) is 18.9 Å². The van der Waals surface area contributed by atoms with Crippen LogP contribution >= 0.6 is 11.8 Å². The predicted molar refractivity (Wildman–Crippen MR) is 103 cm³/mol. The zero-order valence-corrected chi connectivity index (χ0v) is 16.6. The number of thioether (sulfide) groups is 1. The summed E-state index contributed by atoms with van der Waals surface area (Å²) in [5.41, 5.74) is -0.120. The minimum atomic E-state index is -4.33. The SMILES string of the molecule is FC(F)(F)c1ccc(N=C(Sc2ccccc2)[Te]c2ccccc2)cc1. The molecule has 3 aromatic rings. The summed E-state index contributed by atoms with van der Waals surface area (Å²) >= 11 is 0.835. The second-order valence-electron chi connectivity index (χ2n) is 5.25. The molecule has 0 bridgehead atoms. The second kappa shape index (κ2) is 8.77. The molecule has 0 radical (unpaired) electrons. The molecular formula is C20H14F3NSTe. The summed E-state index contributed by atoms with van der Waals surface area (Å²) < 4.78 is 40.4. The first-order chi connectivity index (χ1) is 12.5. The Balaban J connectivity index is 1.87. The minimum absolute atomic E-state index is 0.539. The number of aliphatic imine (C=N–C) groups is 1. The third kappa shape index (κ3) is 5.63. The van der Waals surface area contributed by atoms with E-state index >= 15 is 0 Å². The molecule has 132 valence electrons. The fourth-order valence-corrected chi connectivity index (χ4v) is 6.43. The van der Waals surface area contributed by atoms with Crippen LogP contribution in [0, 0.1) is 0 Å². The topological polar surface area (TPSA) is 12.4 Å². The van der Waals surface area contributed by atoms with Crippen LogP contribution in [0.5, 0.6) is 0 Å². The Morgan fingerprint density at radius 2 is 1.35 bits per heavy atom. The summed E-state index contributed by atoms with van der Waals surface area (Å²) in [6.45, 7) is 0. The molecule has 0 saturated carbocycles. The fraction of sp³-hybridized carbons (Fsp3) is 0.0500. The van der Waals surface area contributed by atoms with Crippen molar-refractivity contribution < 1.29 is 13.2 Å². The Hall–Kier alpha value is -1.74. The van der Waals surface area contributed by atoms with Gasteiger partial charge in [0.1, 0.15) is 0 Å². The molecule has 0 atom stereocenters. The molecule has 0 N–H and O–H groups in total. The quantitative estimate of drug-likeness (QED) is 0.206. The molecule has 0 aliphatic heterocycles. The molecule has 0 unspecified atom stereocenters. The van der Waals surface area contributed by atoms with Gasteiger partial charge in [-0.3, -0.25) is 0 Å². The van der Waals surface area contributed by atoms with Crippen LogP contribution in [0.1, 0.15) is 5.56 Å². The van der Waals surface area contributed by atoms with E-state index in [1.807, 2.05) is 48.5 Å². The molecule has 1 nitrogen and oxygen atoms in total. The molecule has 0 heterocycles.